The van der Waals surface area contributed by atoms with E-state index in [1.54, 1.807) is 35.4 Å². The summed E-state index contributed by atoms with van der Waals surface area (Å²) in [7, 11) is -1.62. The molecule has 3 aliphatic heterocycles. The Morgan fingerprint density at radius 3 is 2.29 bits per heavy atom. The Morgan fingerprint density at radius 1 is 0.895 bits per heavy atom. The van der Waals surface area contributed by atoms with Crippen molar-refractivity contribution < 1.29 is 18.3 Å². The predicted octanol–water partition coefficient (Wildman–Crippen LogP) is 1.26. The van der Waals surface area contributed by atoms with Gasteiger partial charge in [0.25, 0.3) is 5.91 Å². The van der Waals surface area contributed by atoms with Crippen LogP contribution >= 0.6 is 0 Å². The number of anilines is 1. The molecule has 6 rings (SSSR count). The van der Waals surface area contributed by atoms with Crippen LogP contribution in [0.15, 0.2) is 70.9 Å². The van der Waals surface area contributed by atoms with Gasteiger partial charge in [0.2, 0.25) is 10.0 Å². The van der Waals surface area contributed by atoms with Gasteiger partial charge in [-0.1, -0.05) is 12.1 Å². The van der Waals surface area contributed by atoms with Crippen LogP contribution in [0.2, 0.25) is 0 Å². The maximum atomic E-state index is 13.3. The summed E-state index contributed by atoms with van der Waals surface area (Å²) in [5, 5.41) is 10.9. The first-order valence-corrected chi connectivity index (χ1v) is 14.1. The smallest absolute Gasteiger partial charge is 0.256 e. The fourth-order valence-electron chi connectivity index (χ4n) is 5.40. The van der Waals surface area contributed by atoms with Crippen LogP contribution in [0.1, 0.15) is 11.7 Å². The quantitative estimate of drug-likeness (QED) is 0.488. The molecule has 10 nitrogen and oxygen atoms in total. The second-order valence-electron chi connectivity index (χ2n) is 10.2. The zero-order valence-electron chi connectivity index (χ0n) is 21.2. The maximum Gasteiger partial charge on any atom is 0.256 e. The van der Waals surface area contributed by atoms with Crippen LogP contribution in [0.25, 0.3) is 11.0 Å². The molecule has 0 spiro atoms. The minimum Gasteiger partial charge on any atom is -0.378 e. The first-order chi connectivity index (χ1) is 18.3. The summed E-state index contributed by atoms with van der Waals surface area (Å²) in [4.78, 5) is 28.0. The van der Waals surface area contributed by atoms with E-state index in [1.165, 1.54) is 10.5 Å². The molecule has 1 amide bonds. The van der Waals surface area contributed by atoms with Crippen LogP contribution in [0.4, 0.5) is 5.69 Å². The Morgan fingerprint density at radius 2 is 1.58 bits per heavy atom. The number of fused-ring (bicyclic) bond motifs is 1. The molecule has 0 aliphatic carbocycles. The summed E-state index contributed by atoms with van der Waals surface area (Å²) >= 11 is 0. The van der Waals surface area contributed by atoms with Gasteiger partial charge in [-0.05, 0) is 54.1 Å². The Kier molecular flexibility index (Phi) is 6.39. The Labute approximate surface area is 221 Å². The molecule has 1 aromatic heterocycles. The average Bonchev–Trinajstić information content (AvgIpc) is 3.53. The van der Waals surface area contributed by atoms with Crippen LogP contribution in [-0.2, 0) is 14.8 Å². The number of benzene rings is 2. The van der Waals surface area contributed by atoms with E-state index in [0.717, 1.165) is 43.0 Å². The van der Waals surface area contributed by atoms with E-state index in [4.69, 9.17) is 0 Å². The minimum absolute atomic E-state index is 0.176. The van der Waals surface area contributed by atoms with Crippen LogP contribution in [0.3, 0.4) is 0 Å². The van der Waals surface area contributed by atoms with Gasteiger partial charge in [0.05, 0.1) is 15.9 Å². The van der Waals surface area contributed by atoms with E-state index >= 15 is 0 Å². The van der Waals surface area contributed by atoms with E-state index < -0.39 is 16.1 Å². The van der Waals surface area contributed by atoms with Crippen molar-refractivity contribution in [3.63, 3.8) is 0 Å². The highest BCUT2D eigenvalue weighted by atomic mass is 32.2. The number of piperazine rings is 1. The monoisotopic (exact) mass is 534 g/mol. The van der Waals surface area contributed by atoms with Gasteiger partial charge < -0.3 is 19.8 Å². The predicted molar refractivity (Wildman–Crippen MR) is 143 cm³/mol. The van der Waals surface area contributed by atoms with Gasteiger partial charge in [-0.3, -0.25) is 14.8 Å². The third kappa shape index (κ3) is 4.55. The first-order valence-electron chi connectivity index (χ1n) is 12.7. The molecule has 0 radical (unpaired) electrons. The number of aromatic nitrogens is 2. The van der Waals surface area contributed by atoms with E-state index in [9.17, 15) is 18.3 Å². The number of aliphatic hydroxyl groups excluding tert-OH is 1. The number of hydrogen-bond donors (Lipinski definition) is 1. The molecule has 11 heteroatoms. The molecule has 0 saturated carbocycles. The van der Waals surface area contributed by atoms with E-state index in [2.05, 4.69) is 26.8 Å². The number of aliphatic hydroxyl groups is 1. The molecule has 1 atom stereocenters. The first kappa shape index (κ1) is 24.9. The molecule has 3 aliphatic rings. The molecule has 1 unspecified atom stereocenters. The Hall–Kier alpha value is -3.38. The molecule has 1 saturated heterocycles. The molecular formula is C27H30N6O4S. The summed E-state index contributed by atoms with van der Waals surface area (Å²) < 4.78 is 28.1. The molecule has 2 aromatic carbocycles. The van der Waals surface area contributed by atoms with E-state index in [0.29, 0.717) is 29.7 Å². The van der Waals surface area contributed by atoms with E-state index in [1.807, 2.05) is 18.2 Å². The number of sulfonamides is 1. The van der Waals surface area contributed by atoms with Gasteiger partial charge in [-0.25, -0.2) is 8.42 Å². The highest BCUT2D eigenvalue weighted by Crippen LogP contribution is 2.32. The van der Waals surface area contributed by atoms with Crippen LogP contribution in [0.5, 0.6) is 0 Å². The SMILES string of the molecule is CN1CCN(c2cccc(C(O)C(=O)N3CC4=C(C3)CN(S(=O)(=O)c3ccc5nccnc5c3)C4)c2)CC1. The standard InChI is InChI=1S/C27H30N6O4S/c1-30-9-11-31(12-10-30)22-4-2-3-19(13-22)26(34)27(35)32-15-20-17-33(18-21(20)16-32)38(36,37)23-5-6-24-25(14-23)29-8-7-28-24/h2-8,13-14,26,34H,9-12,15-18H2,1H3. The molecule has 4 heterocycles. The zero-order chi connectivity index (χ0) is 26.4. The van der Waals surface area contributed by atoms with E-state index in [-0.39, 0.29) is 23.9 Å². The fourth-order valence-corrected chi connectivity index (χ4v) is 6.85. The lowest BCUT2D eigenvalue weighted by molar-refractivity contribution is -0.139. The number of hydrogen-bond acceptors (Lipinski definition) is 8. The summed E-state index contributed by atoms with van der Waals surface area (Å²) in [6.07, 6.45) is 1.84. The lowest BCUT2D eigenvalue weighted by atomic mass is 10.1. The lowest BCUT2D eigenvalue weighted by Crippen LogP contribution is -2.44. The molecular weight excluding hydrogens is 504 g/mol. The van der Waals surface area contributed by atoms with Crippen molar-refractivity contribution in [2.45, 2.75) is 11.0 Å². The number of carbonyl (C=O) groups is 1. The summed E-state index contributed by atoms with van der Waals surface area (Å²) in [6.45, 7) is 4.84. The summed E-state index contributed by atoms with van der Waals surface area (Å²) in [5.74, 6) is -0.363. The molecule has 198 valence electrons. The average molecular weight is 535 g/mol. The van der Waals surface area contributed by atoms with Gasteiger partial charge in [-0.2, -0.15) is 4.31 Å². The summed E-state index contributed by atoms with van der Waals surface area (Å²) in [5.41, 5.74) is 4.57. The Balaban J connectivity index is 1.10. The normalized spacial score (nSPS) is 19.8. The fraction of sp³-hybridized carbons (Fsp3) is 0.370. The van der Waals surface area contributed by atoms with Gasteiger partial charge in [-0.15, -0.1) is 0 Å². The number of likely N-dealkylation sites (N-methyl/N-ethyl adjacent to an activating group) is 1. The number of amides is 1. The van der Waals surface area contributed by atoms with Gasteiger partial charge in [0.1, 0.15) is 0 Å². The minimum atomic E-state index is -3.72. The van der Waals surface area contributed by atoms with Crippen LogP contribution in [0, 0.1) is 0 Å². The number of rotatable bonds is 5. The third-order valence-corrected chi connectivity index (χ3v) is 9.46. The third-order valence-electron chi connectivity index (χ3n) is 7.68. The molecule has 1 N–H and O–H groups in total. The number of carbonyl (C=O) groups excluding carboxylic acids is 1. The highest BCUT2D eigenvalue weighted by Gasteiger charge is 2.39. The molecule has 1 fully saturated rings. The Bertz CT molecular complexity index is 1520. The van der Waals surface area contributed by atoms with Crippen molar-refractivity contribution in [3.05, 3.63) is 71.6 Å². The van der Waals surface area contributed by atoms with Crippen molar-refractivity contribution in [3.8, 4) is 0 Å². The largest absolute Gasteiger partial charge is 0.378 e. The van der Waals surface area contributed by atoms with Crippen molar-refractivity contribution in [1.82, 2.24) is 24.1 Å². The lowest BCUT2D eigenvalue weighted by Gasteiger charge is -2.34. The van der Waals surface area contributed by atoms with Crippen LogP contribution in [-0.4, -0.2) is 103 Å². The van der Waals surface area contributed by atoms with Crippen molar-refractivity contribution in [2.75, 3.05) is 64.3 Å². The molecule has 0 bridgehead atoms. The van der Waals surface area contributed by atoms with Crippen molar-refractivity contribution >= 4 is 32.7 Å². The van der Waals surface area contributed by atoms with Crippen LogP contribution < -0.4 is 4.90 Å². The zero-order valence-corrected chi connectivity index (χ0v) is 22.0. The van der Waals surface area contributed by atoms with Crippen molar-refractivity contribution in [2.24, 2.45) is 0 Å². The van der Waals surface area contributed by atoms with Gasteiger partial charge in [0, 0.05) is 70.4 Å². The second-order valence-corrected chi connectivity index (χ2v) is 12.1. The summed E-state index contributed by atoms with van der Waals surface area (Å²) in [6, 6.07) is 12.3. The maximum absolute atomic E-state index is 13.3. The topological polar surface area (TPSA) is 110 Å². The van der Waals surface area contributed by atoms with Gasteiger partial charge >= 0.3 is 0 Å². The van der Waals surface area contributed by atoms with Crippen molar-refractivity contribution in [1.29, 1.82) is 0 Å². The van der Waals surface area contributed by atoms with Gasteiger partial charge in [0.15, 0.2) is 6.10 Å². The number of nitrogens with zero attached hydrogens (tertiary/aromatic N) is 6. The second kappa shape index (κ2) is 9.73. The molecule has 38 heavy (non-hydrogen) atoms. The highest BCUT2D eigenvalue weighted by molar-refractivity contribution is 7.89. The molecule has 3 aromatic rings.